The molecule has 0 aromatic carbocycles. The predicted octanol–water partition coefficient (Wildman–Crippen LogP) is 2.99. The molecule has 0 radical (unpaired) electrons. The van der Waals surface area contributed by atoms with E-state index in [0.717, 1.165) is 30.8 Å². The van der Waals surface area contributed by atoms with Crippen molar-refractivity contribution in [2.45, 2.75) is 25.6 Å². The minimum atomic E-state index is -4.35. The fourth-order valence-electron chi connectivity index (χ4n) is 2.07. The van der Waals surface area contributed by atoms with Crippen molar-refractivity contribution in [3.05, 3.63) is 41.9 Å². The Morgan fingerprint density at radius 1 is 1.22 bits per heavy atom. The lowest BCUT2D eigenvalue weighted by molar-refractivity contribution is -0.137. The first-order valence-corrected chi connectivity index (χ1v) is 7.35. The van der Waals surface area contributed by atoms with Crippen molar-refractivity contribution in [3.8, 4) is 0 Å². The summed E-state index contributed by atoms with van der Waals surface area (Å²) in [7, 11) is 1.87. The minimum absolute atomic E-state index is 0.202. The number of nitrogens with one attached hydrogen (secondary N) is 2. The highest BCUT2D eigenvalue weighted by Gasteiger charge is 2.30. The first-order chi connectivity index (χ1) is 10.9. The highest BCUT2D eigenvalue weighted by Crippen LogP contribution is 2.28. The zero-order valence-electron chi connectivity index (χ0n) is 13.1. The number of aromatic nitrogens is 3. The highest BCUT2D eigenvalue weighted by atomic mass is 19.4. The van der Waals surface area contributed by atoms with Crippen LogP contribution in [0.5, 0.6) is 0 Å². The Kier molecular flexibility index (Phi) is 5.59. The Morgan fingerprint density at radius 3 is 2.57 bits per heavy atom. The van der Waals surface area contributed by atoms with Crippen LogP contribution in [-0.2, 0) is 13.2 Å². The van der Waals surface area contributed by atoms with Crippen molar-refractivity contribution < 1.29 is 13.2 Å². The van der Waals surface area contributed by atoms with Crippen LogP contribution in [0, 0.1) is 0 Å². The van der Waals surface area contributed by atoms with Gasteiger partial charge in [0.2, 0.25) is 0 Å². The van der Waals surface area contributed by atoms with E-state index in [1.165, 1.54) is 6.07 Å². The van der Waals surface area contributed by atoms with E-state index in [1.807, 2.05) is 19.4 Å². The molecule has 0 amide bonds. The van der Waals surface area contributed by atoms with Crippen LogP contribution in [0.15, 0.2) is 30.7 Å². The minimum Gasteiger partial charge on any atom is -0.370 e. The molecule has 5 nitrogen and oxygen atoms in total. The zero-order valence-corrected chi connectivity index (χ0v) is 13.1. The summed E-state index contributed by atoms with van der Waals surface area (Å²) in [6, 6.07) is 2.57. The molecular weight excluding hydrogens is 307 g/mol. The molecule has 23 heavy (non-hydrogen) atoms. The molecule has 1 unspecified atom stereocenters. The quantitative estimate of drug-likeness (QED) is 0.768. The van der Waals surface area contributed by atoms with Crippen LogP contribution in [0.4, 0.5) is 19.0 Å². The van der Waals surface area contributed by atoms with Gasteiger partial charge in [0.25, 0.3) is 0 Å². The van der Waals surface area contributed by atoms with Gasteiger partial charge in [-0.05, 0) is 32.0 Å². The fraction of sp³-hybridized carbons (Fsp3) is 0.467. The number of aryl methyl sites for hydroxylation is 1. The van der Waals surface area contributed by atoms with E-state index in [1.54, 1.807) is 4.68 Å². The molecular formula is C15H20F3N5. The van der Waals surface area contributed by atoms with Gasteiger partial charge in [-0.25, -0.2) is 4.98 Å². The van der Waals surface area contributed by atoms with E-state index in [2.05, 4.69) is 27.6 Å². The van der Waals surface area contributed by atoms with Gasteiger partial charge >= 0.3 is 6.18 Å². The molecule has 0 fully saturated rings. The van der Waals surface area contributed by atoms with E-state index in [9.17, 15) is 13.2 Å². The SMILES string of the molecule is CC(NCCCNc1ccc(C(F)(F)F)cn1)c1cnn(C)c1. The second-order valence-electron chi connectivity index (χ2n) is 5.33. The Balaban J connectivity index is 1.67. The highest BCUT2D eigenvalue weighted by molar-refractivity contribution is 5.35. The number of alkyl halides is 3. The van der Waals surface area contributed by atoms with Crippen LogP contribution in [0.1, 0.15) is 30.5 Å². The summed E-state index contributed by atoms with van der Waals surface area (Å²) in [5.41, 5.74) is 0.375. The number of pyridine rings is 1. The summed E-state index contributed by atoms with van der Waals surface area (Å²) in [6.45, 7) is 3.47. The first-order valence-electron chi connectivity index (χ1n) is 7.35. The lowest BCUT2D eigenvalue weighted by Crippen LogP contribution is -2.21. The van der Waals surface area contributed by atoms with Gasteiger partial charge in [0.1, 0.15) is 5.82 Å². The molecule has 2 aromatic rings. The largest absolute Gasteiger partial charge is 0.417 e. The molecule has 8 heteroatoms. The van der Waals surface area contributed by atoms with Gasteiger partial charge in [-0.2, -0.15) is 18.3 Å². The van der Waals surface area contributed by atoms with E-state index in [-0.39, 0.29) is 6.04 Å². The Morgan fingerprint density at radius 2 is 2.00 bits per heavy atom. The summed E-state index contributed by atoms with van der Waals surface area (Å²) in [4.78, 5) is 3.77. The molecule has 0 aliphatic carbocycles. The number of anilines is 1. The normalized spacial score (nSPS) is 13.1. The summed E-state index contributed by atoms with van der Waals surface area (Å²) < 4.78 is 39.0. The van der Waals surface area contributed by atoms with Gasteiger partial charge in [0, 0.05) is 37.6 Å². The second kappa shape index (κ2) is 7.45. The van der Waals surface area contributed by atoms with Crippen molar-refractivity contribution in [1.82, 2.24) is 20.1 Å². The molecule has 0 bridgehead atoms. The van der Waals surface area contributed by atoms with Gasteiger partial charge in [-0.1, -0.05) is 0 Å². The average Bonchev–Trinajstić information content (AvgIpc) is 2.93. The van der Waals surface area contributed by atoms with Crippen molar-refractivity contribution >= 4 is 5.82 Å². The van der Waals surface area contributed by atoms with Crippen LogP contribution in [0.2, 0.25) is 0 Å². The summed E-state index contributed by atoms with van der Waals surface area (Å²) in [5.74, 6) is 0.443. The summed E-state index contributed by atoms with van der Waals surface area (Å²) in [5, 5.41) is 10.5. The maximum Gasteiger partial charge on any atom is 0.417 e. The second-order valence-corrected chi connectivity index (χ2v) is 5.33. The third-order valence-electron chi connectivity index (χ3n) is 3.43. The van der Waals surface area contributed by atoms with Gasteiger partial charge in [-0.15, -0.1) is 0 Å². The van der Waals surface area contributed by atoms with Crippen LogP contribution in [-0.4, -0.2) is 27.9 Å². The van der Waals surface area contributed by atoms with E-state index >= 15 is 0 Å². The third kappa shape index (κ3) is 5.24. The summed E-state index contributed by atoms with van der Waals surface area (Å²) >= 11 is 0. The molecule has 0 saturated carbocycles. The standard InChI is InChI=1S/C15H20F3N5/c1-11(12-8-22-23(2)10-12)19-6-3-7-20-14-5-4-13(9-21-14)15(16,17)18/h4-5,8-11,19H,3,6-7H2,1-2H3,(H,20,21). The fourth-order valence-corrected chi connectivity index (χ4v) is 2.07. The number of rotatable bonds is 7. The Hall–Kier alpha value is -2.09. The molecule has 2 heterocycles. The molecule has 1 atom stereocenters. The topological polar surface area (TPSA) is 54.8 Å². The average molecular weight is 327 g/mol. The molecule has 0 spiro atoms. The predicted molar refractivity (Wildman–Crippen MR) is 82.0 cm³/mol. The van der Waals surface area contributed by atoms with Gasteiger partial charge in [0.05, 0.1) is 11.8 Å². The molecule has 2 N–H and O–H groups in total. The molecule has 126 valence electrons. The van der Waals surface area contributed by atoms with Crippen molar-refractivity contribution in [2.75, 3.05) is 18.4 Å². The number of nitrogens with zero attached hydrogens (tertiary/aromatic N) is 3. The van der Waals surface area contributed by atoms with E-state index < -0.39 is 11.7 Å². The van der Waals surface area contributed by atoms with Crippen molar-refractivity contribution in [2.24, 2.45) is 7.05 Å². The number of hydrogen-bond acceptors (Lipinski definition) is 4. The first kappa shape index (κ1) is 17.3. The van der Waals surface area contributed by atoms with E-state index in [0.29, 0.717) is 12.4 Å². The van der Waals surface area contributed by atoms with Gasteiger partial charge < -0.3 is 10.6 Å². The molecule has 0 saturated heterocycles. The zero-order chi connectivity index (χ0) is 16.9. The monoisotopic (exact) mass is 327 g/mol. The molecule has 2 aromatic heterocycles. The van der Waals surface area contributed by atoms with Crippen LogP contribution in [0.3, 0.4) is 0 Å². The van der Waals surface area contributed by atoms with Crippen LogP contribution in [0.25, 0.3) is 0 Å². The molecule has 2 rings (SSSR count). The Bertz CT molecular complexity index is 606. The molecule has 0 aliphatic rings. The van der Waals surface area contributed by atoms with Crippen LogP contribution < -0.4 is 10.6 Å². The van der Waals surface area contributed by atoms with Gasteiger partial charge in [-0.3, -0.25) is 4.68 Å². The lowest BCUT2D eigenvalue weighted by Gasteiger charge is -2.12. The Labute approximate surface area is 132 Å². The smallest absolute Gasteiger partial charge is 0.370 e. The lowest BCUT2D eigenvalue weighted by atomic mass is 10.2. The maximum atomic E-state index is 12.4. The van der Waals surface area contributed by atoms with E-state index in [4.69, 9.17) is 0 Å². The third-order valence-corrected chi connectivity index (χ3v) is 3.43. The van der Waals surface area contributed by atoms with Gasteiger partial charge in [0.15, 0.2) is 0 Å². The summed E-state index contributed by atoms with van der Waals surface area (Å²) in [6.07, 6.45) is 1.10. The number of halogens is 3. The van der Waals surface area contributed by atoms with Crippen LogP contribution >= 0.6 is 0 Å². The molecule has 0 aliphatic heterocycles. The van der Waals surface area contributed by atoms with Crippen molar-refractivity contribution in [1.29, 1.82) is 0 Å². The number of hydrogen-bond donors (Lipinski definition) is 2. The maximum absolute atomic E-state index is 12.4. The van der Waals surface area contributed by atoms with Crippen molar-refractivity contribution in [3.63, 3.8) is 0 Å².